The monoisotopic (exact) mass is 427 g/mol. The molecule has 2 aromatic heterocycles. The van der Waals surface area contributed by atoms with Gasteiger partial charge in [0, 0.05) is 19.3 Å². The molecule has 5 rings (SSSR count). The van der Waals surface area contributed by atoms with Crippen LogP contribution in [0.25, 0.3) is 11.0 Å². The van der Waals surface area contributed by atoms with E-state index in [9.17, 15) is 5.11 Å². The second-order valence-corrected chi connectivity index (χ2v) is 8.48. The van der Waals surface area contributed by atoms with Crippen LogP contribution in [0, 0.1) is 0 Å². The molecule has 1 aliphatic rings. The molecule has 4 aromatic rings. The number of aliphatic hydroxyl groups is 1. The number of aromatic amines is 1. The highest BCUT2D eigenvalue weighted by molar-refractivity contribution is 5.74. The lowest BCUT2D eigenvalue weighted by molar-refractivity contribution is 0.151. The number of nitrogens with one attached hydrogen (secondary N) is 1. The lowest BCUT2D eigenvalue weighted by Gasteiger charge is -2.35. The maximum absolute atomic E-state index is 10.0. The van der Waals surface area contributed by atoms with Crippen LogP contribution in [-0.4, -0.2) is 25.0 Å². The number of aryl methyl sites for hydroxylation is 1. The topological polar surface area (TPSA) is 91.1 Å². The average Bonchev–Trinajstić information content (AvgIpc) is 3.25. The van der Waals surface area contributed by atoms with Crippen molar-refractivity contribution in [3.05, 3.63) is 94.6 Å². The van der Waals surface area contributed by atoms with Crippen LogP contribution in [-0.2, 0) is 32.7 Å². The molecule has 0 saturated heterocycles. The van der Waals surface area contributed by atoms with Gasteiger partial charge in [-0.25, -0.2) is 4.98 Å². The molecule has 2 aromatic carbocycles. The number of nitrogens with zero attached hydrogens (tertiary/aromatic N) is 3. The van der Waals surface area contributed by atoms with Crippen molar-refractivity contribution >= 4 is 11.0 Å². The van der Waals surface area contributed by atoms with Gasteiger partial charge in [0.2, 0.25) is 0 Å². The predicted octanol–water partition coefficient (Wildman–Crippen LogP) is 3.99. The van der Waals surface area contributed by atoms with E-state index in [4.69, 9.17) is 15.7 Å². The van der Waals surface area contributed by atoms with Crippen molar-refractivity contribution in [2.75, 3.05) is 0 Å². The molecule has 4 N–H and O–H groups in total. The maximum atomic E-state index is 10.0. The number of para-hydroxylation sites is 2. The van der Waals surface area contributed by atoms with Crippen molar-refractivity contribution in [3.63, 3.8) is 0 Å². The Hall–Kier alpha value is -3.06. The molecule has 6 heteroatoms. The Bertz CT molecular complexity index is 1160. The molecule has 2 heterocycles. The average molecular weight is 428 g/mol. The van der Waals surface area contributed by atoms with E-state index in [1.807, 2.05) is 42.6 Å². The number of rotatable bonds is 7. The van der Waals surface area contributed by atoms with Crippen LogP contribution in [0.15, 0.2) is 60.8 Å². The SMILES string of the molecule is NCc1cccc(CO)c1CN(Cc1nc2ccccc2[nH]1)C1CCCc2cccnc21. The van der Waals surface area contributed by atoms with Crippen LogP contribution < -0.4 is 5.73 Å². The van der Waals surface area contributed by atoms with Crippen LogP contribution >= 0.6 is 0 Å². The quantitative estimate of drug-likeness (QED) is 0.415. The number of pyridine rings is 1. The maximum Gasteiger partial charge on any atom is 0.121 e. The standard InChI is InChI=1S/C26H29N5O/c27-14-19-7-3-8-20(17-32)21(19)15-31(16-25-29-22-10-1-2-11-23(22)30-25)24-12-4-6-18-9-5-13-28-26(18)24/h1-3,5,7-11,13,24,32H,4,6,12,14-17,27H2,(H,29,30). The Kier molecular flexibility index (Phi) is 5.99. The number of imidazole rings is 1. The van der Waals surface area contributed by atoms with E-state index in [0.29, 0.717) is 19.6 Å². The second kappa shape index (κ2) is 9.20. The van der Waals surface area contributed by atoms with Gasteiger partial charge in [0.25, 0.3) is 0 Å². The molecule has 1 unspecified atom stereocenters. The van der Waals surface area contributed by atoms with E-state index in [2.05, 4.69) is 28.1 Å². The summed E-state index contributed by atoms with van der Waals surface area (Å²) < 4.78 is 0. The van der Waals surface area contributed by atoms with E-state index in [1.165, 1.54) is 5.56 Å². The van der Waals surface area contributed by atoms with Crippen LogP contribution in [0.5, 0.6) is 0 Å². The number of aromatic nitrogens is 3. The normalized spacial score (nSPS) is 15.9. The van der Waals surface area contributed by atoms with Gasteiger partial charge < -0.3 is 15.8 Å². The highest BCUT2D eigenvalue weighted by Crippen LogP contribution is 2.35. The second-order valence-electron chi connectivity index (χ2n) is 8.48. The first kappa shape index (κ1) is 20.8. The van der Waals surface area contributed by atoms with Gasteiger partial charge in [-0.1, -0.05) is 36.4 Å². The van der Waals surface area contributed by atoms with Gasteiger partial charge in [0.15, 0.2) is 0 Å². The molecular weight excluding hydrogens is 398 g/mol. The Labute approximate surface area is 188 Å². The van der Waals surface area contributed by atoms with Crippen molar-refractivity contribution in [1.82, 2.24) is 19.9 Å². The summed E-state index contributed by atoms with van der Waals surface area (Å²) in [4.78, 5) is 15.6. The van der Waals surface area contributed by atoms with E-state index >= 15 is 0 Å². The van der Waals surface area contributed by atoms with Crippen LogP contribution in [0.3, 0.4) is 0 Å². The van der Waals surface area contributed by atoms with Crippen molar-refractivity contribution < 1.29 is 5.11 Å². The van der Waals surface area contributed by atoms with Gasteiger partial charge in [-0.15, -0.1) is 0 Å². The molecule has 32 heavy (non-hydrogen) atoms. The first-order chi connectivity index (χ1) is 15.8. The van der Waals surface area contributed by atoms with Gasteiger partial charge in [0.1, 0.15) is 5.82 Å². The van der Waals surface area contributed by atoms with Gasteiger partial charge in [-0.05, 0) is 59.7 Å². The molecule has 0 bridgehead atoms. The molecule has 1 atom stereocenters. The van der Waals surface area contributed by atoms with Crippen LogP contribution in [0.4, 0.5) is 0 Å². The largest absolute Gasteiger partial charge is 0.392 e. The fourth-order valence-corrected chi connectivity index (χ4v) is 4.92. The molecule has 6 nitrogen and oxygen atoms in total. The zero-order valence-electron chi connectivity index (χ0n) is 18.2. The smallest absolute Gasteiger partial charge is 0.121 e. The zero-order chi connectivity index (χ0) is 21.9. The summed E-state index contributed by atoms with van der Waals surface area (Å²) in [5.41, 5.74) is 13.7. The van der Waals surface area contributed by atoms with Crippen LogP contribution in [0.1, 0.15) is 52.7 Å². The van der Waals surface area contributed by atoms with Crippen molar-refractivity contribution in [1.29, 1.82) is 0 Å². The van der Waals surface area contributed by atoms with Crippen molar-refractivity contribution in [2.24, 2.45) is 5.73 Å². The Balaban J connectivity index is 1.55. The minimum atomic E-state index is 0.00115. The van der Waals surface area contributed by atoms with E-state index in [0.717, 1.165) is 58.5 Å². The summed E-state index contributed by atoms with van der Waals surface area (Å²) in [5, 5.41) is 10.0. The number of nitrogens with two attached hydrogens (primary N) is 1. The number of hydrogen-bond acceptors (Lipinski definition) is 5. The number of hydrogen-bond donors (Lipinski definition) is 3. The van der Waals surface area contributed by atoms with Gasteiger partial charge in [0.05, 0.1) is 35.9 Å². The zero-order valence-corrected chi connectivity index (χ0v) is 18.2. The van der Waals surface area contributed by atoms with Crippen molar-refractivity contribution in [3.8, 4) is 0 Å². The summed E-state index contributed by atoms with van der Waals surface area (Å²) in [5.74, 6) is 0.935. The predicted molar refractivity (Wildman–Crippen MR) is 126 cm³/mol. The minimum absolute atomic E-state index is 0.00115. The molecule has 1 aliphatic carbocycles. The first-order valence-corrected chi connectivity index (χ1v) is 11.3. The molecule has 164 valence electrons. The highest BCUT2D eigenvalue weighted by Gasteiger charge is 2.29. The molecule has 0 saturated carbocycles. The molecular formula is C26H29N5O. The summed E-state index contributed by atoms with van der Waals surface area (Å²) in [6.07, 6.45) is 5.14. The van der Waals surface area contributed by atoms with Crippen molar-refractivity contribution in [2.45, 2.75) is 51.5 Å². The van der Waals surface area contributed by atoms with E-state index in [1.54, 1.807) is 0 Å². The number of fused-ring (bicyclic) bond motifs is 2. The number of H-pyrrole nitrogens is 1. The molecule has 0 amide bonds. The molecule has 0 radical (unpaired) electrons. The van der Waals surface area contributed by atoms with E-state index < -0.39 is 0 Å². The third-order valence-electron chi connectivity index (χ3n) is 6.52. The highest BCUT2D eigenvalue weighted by atomic mass is 16.3. The number of aliphatic hydroxyl groups excluding tert-OH is 1. The van der Waals surface area contributed by atoms with Gasteiger partial charge >= 0.3 is 0 Å². The van der Waals surface area contributed by atoms with E-state index in [-0.39, 0.29) is 12.6 Å². The fourth-order valence-electron chi connectivity index (χ4n) is 4.92. The number of benzene rings is 2. The molecule has 0 spiro atoms. The Morgan fingerprint density at radius 1 is 1.03 bits per heavy atom. The summed E-state index contributed by atoms with van der Waals surface area (Å²) >= 11 is 0. The Morgan fingerprint density at radius 3 is 2.75 bits per heavy atom. The molecule has 0 aliphatic heterocycles. The minimum Gasteiger partial charge on any atom is -0.392 e. The van der Waals surface area contributed by atoms with Crippen LogP contribution in [0.2, 0.25) is 0 Å². The third-order valence-corrected chi connectivity index (χ3v) is 6.52. The molecule has 0 fully saturated rings. The summed E-state index contributed by atoms with van der Waals surface area (Å²) in [6.45, 7) is 1.79. The van der Waals surface area contributed by atoms with Gasteiger partial charge in [-0.3, -0.25) is 9.88 Å². The summed E-state index contributed by atoms with van der Waals surface area (Å²) in [6, 6.07) is 18.5. The lowest BCUT2D eigenvalue weighted by atomic mass is 9.90. The van der Waals surface area contributed by atoms with Gasteiger partial charge in [-0.2, -0.15) is 0 Å². The Morgan fingerprint density at radius 2 is 1.91 bits per heavy atom. The third kappa shape index (κ3) is 4.05. The fraction of sp³-hybridized carbons (Fsp3) is 0.308. The summed E-state index contributed by atoms with van der Waals surface area (Å²) in [7, 11) is 0. The lowest BCUT2D eigenvalue weighted by Crippen LogP contribution is -2.32. The first-order valence-electron chi connectivity index (χ1n) is 11.3.